The van der Waals surface area contributed by atoms with Gasteiger partial charge in [0.15, 0.2) is 0 Å². The third-order valence-electron chi connectivity index (χ3n) is 4.49. The van der Waals surface area contributed by atoms with Gasteiger partial charge < -0.3 is 19.4 Å². The van der Waals surface area contributed by atoms with Crippen LogP contribution in [0.2, 0.25) is 0 Å². The summed E-state index contributed by atoms with van der Waals surface area (Å²) in [6.45, 7) is 8.15. The van der Waals surface area contributed by atoms with Gasteiger partial charge in [0.05, 0.1) is 28.6 Å². The van der Waals surface area contributed by atoms with Crippen LogP contribution < -0.4 is 15.6 Å². The molecule has 1 aliphatic heterocycles. The number of aromatic nitrogens is 1. The highest BCUT2D eigenvalue weighted by Crippen LogP contribution is 2.38. The Balaban J connectivity index is 1.91. The smallest absolute Gasteiger partial charge is 0.488 e. The maximum atomic E-state index is 6.09. The van der Waals surface area contributed by atoms with Gasteiger partial charge in [0, 0.05) is 19.3 Å². The third-order valence-corrected chi connectivity index (χ3v) is 4.49. The highest BCUT2D eigenvalue weighted by atomic mass is 16.7. The van der Waals surface area contributed by atoms with Crippen LogP contribution >= 0.6 is 0 Å². The van der Waals surface area contributed by atoms with Gasteiger partial charge in [-0.2, -0.15) is 0 Å². The molecule has 5 nitrogen and oxygen atoms in total. The first kappa shape index (κ1) is 14.7. The van der Waals surface area contributed by atoms with E-state index in [9.17, 15) is 0 Å². The number of nitrogens with zero attached hydrogens (tertiary/aromatic N) is 1. The molecule has 1 saturated heterocycles. The molecule has 2 aliphatic rings. The van der Waals surface area contributed by atoms with Gasteiger partial charge in [-0.25, -0.2) is 0 Å². The zero-order chi connectivity index (χ0) is 15.3. The molecule has 1 N–H and O–H groups in total. The van der Waals surface area contributed by atoms with Gasteiger partial charge in [-0.05, 0) is 40.5 Å². The molecule has 3 rings (SSSR count). The fourth-order valence-electron chi connectivity index (χ4n) is 2.31. The molecule has 2 fully saturated rings. The molecule has 0 spiro atoms. The van der Waals surface area contributed by atoms with Crippen molar-refractivity contribution in [1.82, 2.24) is 4.98 Å². The van der Waals surface area contributed by atoms with E-state index in [-0.39, 0.29) is 11.2 Å². The van der Waals surface area contributed by atoms with Crippen molar-refractivity contribution in [3.63, 3.8) is 0 Å². The Hall–Kier alpha value is -1.27. The first-order valence-electron chi connectivity index (χ1n) is 7.53. The maximum Gasteiger partial charge on any atom is 0.516 e. The minimum atomic E-state index is -0.486. The molecule has 0 atom stereocenters. The Labute approximate surface area is 126 Å². The maximum absolute atomic E-state index is 6.09. The fraction of sp³-hybridized carbons (Fsp3) is 0.667. The Kier molecular flexibility index (Phi) is 3.41. The Morgan fingerprint density at radius 2 is 1.86 bits per heavy atom. The molecule has 1 aromatic heterocycles. The highest BCUT2D eigenvalue weighted by Gasteiger charge is 2.53. The third kappa shape index (κ3) is 2.62. The summed E-state index contributed by atoms with van der Waals surface area (Å²) >= 11 is 0. The van der Waals surface area contributed by atoms with Crippen LogP contribution in [0.4, 0.5) is 5.69 Å². The zero-order valence-corrected chi connectivity index (χ0v) is 13.4. The van der Waals surface area contributed by atoms with Crippen LogP contribution in [0.25, 0.3) is 0 Å². The van der Waals surface area contributed by atoms with E-state index in [1.165, 1.54) is 0 Å². The van der Waals surface area contributed by atoms with E-state index in [0.29, 0.717) is 6.10 Å². The van der Waals surface area contributed by atoms with Gasteiger partial charge in [-0.15, -0.1) is 0 Å². The second-order valence-corrected chi connectivity index (χ2v) is 6.72. The van der Waals surface area contributed by atoms with Crippen LogP contribution in [0.1, 0.15) is 40.5 Å². The average Bonchev–Trinajstić information content (AvgIpc) is 3.17. The molecule has 0 aromatic carbocycles. The lowest BCUT2D eigenvalue weighted by Crippen LogP contribution is -2.41. The van der Waals surface area contributed by atoms with Crippen LogP contribution in [0.15, 0.2) is 12.3 Å². The van der Waals surface area contributed by atoms with Crippen molar-refractivity contribution in [3.8, 4) is 5.75 Å². The SMILES string of the molecule is CNc1c(OC2CC2)ccnc1B1OC(C)(C)C(C)(C)O1. The van der Waals surface area contributed by atoms with E-state index < -0.39 is 7.12 Å². The average molecular weight is 290 g/mol. The summed E-state index contributed by atoms with van der Waals surface area (Å²) < 4.78 is 18.1. The number of ether oxygens (including phenoxy) is 1. The lowest BCUT2D eigenvalue weighted by molar-refractivity contribution is 0.00578. The van der Waals surface area contributed by atoms with E-state index in [2.05, 4.69) is 10.3 Å². The van der Waals surface area contributed by atoms with Crippen molar-refractivity contribution in [2.24, 2.45) is 0 Å². The largest absolute Gasteiger partial charge is 0.516 e. The number of anilines is 1. The second kappa shape index (κ2) is 4.88. The Morgan fingerprint density at radius 1 is 1.24 bits per heavy atom. The first-order chi connectivity index (χ1) is 9.84. The number of nitrogens with one attached hydrogen (secondary N) is 1. The summed E-state index contributed by atoms with van der Waals surface area (Å²) in [5, 5.41) is 3.18. The summed E-state index contributed by atoms with van der Waals surface area (Å²) in [5.74, 6) is 0.819. The molecule has 1 saturated carbocycles. The van der Waals surface area contributed by atoms with Gasteiger partial charge in [0.1, 0.15) is 5.75 Å². The van der Waals surface area contributed by atoms with Crippen molar-refractivity contribution in [3.05, 3.63) is 12.3 Å². The molecule has 2 heterocycles. The number of hydrogen-bond acceptors (Lipinski definition) is 5. The monoisotopic (exact) mass is 290 g/mol. The van der Waals surface area contributed by atoms with Crippen molar-refractivity contribution >= 4 is 18.4 Å². The lowest BCUT2D eigenvalue weighted by Gasteiger charge is -2.32. The molecule has 6 heteroatoms. The molecular formula is C15H23BN2O3. The van der Waals surface area contributed by atoms with E-state index in [1.54, 1.807) is 6.20 Å². The van der Waals surface area contributed by atoms with Crippen molar-refractivity contribution in [1.29, 1.82) is 0 Å². The second-order valence-electron chi connectivity index (χ2n) is 6.72. The zero-order valence-electron chi connectivity index (χ0n) is 13.4. The summed E-state index contributed by atoms with van der Waals surface area (Å²) in [6, 6.07) is 1.89. The van der Waals surface area contributed by atoms with Crippen LogP contribution in [0, 0.1) is 0 Å². The number of hydrogen-bond donors (Lipinski definition) is 1. The van der Waals surface area contributed by atoms with Crippen LogP contribution in [0.3, 0.4) is 0 Å². The van der Waals surface area contributed by atoms with Crippen LogP contribution in [-0.2, 0) is 9.31 Å². The molecule has 1 aromatic rings. The molecule has 21 heavy (non-hydrogen) atoms. The summed E-state index contributed by atoms with van der Waals surface area (Å²) in [4.78, 5) is 4.46. The fourth-order valence-corrected chi connectivity index (χ4v) is 2.31. The minimum Gasteiger partial charge on any atom is -0.488 e. The molecule has 0 radical (unpaired) electrons. The number of rotatable bonds is 4. The van der Waals surface area contributed by atoms with Gasteiger partial charge in [-0.1, -0.05) is 0 Å². The molecule has 0 unspecified atom stereocenters. The summed E-state index contributed by atoms with van der Waals surface area (Å²) in [5.41, 5.74) is 0.840. The topological polar surface area (TPSA) is 52.6 Å². The molecule has 114 valence electrons. The predicted octanol–water partition coefficient (Wildman–Crippen LogP) is 1.96. The quantitative estimate of drug-likeness (QED) is 0.859. The van der Waals surface area contributed by atoms with Crippen LogP contribution in [-0.4, -0.2) is 36.5 Å². The predicted molar refractivity (Wildman–Crippen MR) is 83.1 cm³/mol. The van der Waals surface area contributed by atoms with Gasteiger partial charge in [0.25, 0.3) is 0 Å². The molecule has 1 aliphatic carbocycles. The Morgan fingerprint density at radius 3 is 2.38 bits per heavy atom. The van der Waals surface area contributed by atoms with Crippen molar-refractivity contribution in [2.45, 2.75) is 57.8 Å². The van der Waals surface area contributed by atoms with E-state index >= 15 is 0 Å². The minimum absolute atomic E-state index is 0.339. The number of pyridine rings is 1. The normalized spacial score (nSPS) is 23.2. The van der Waals surface area contributed by atoms with Gasteiger partial charge >= 0.3 is 7.12 Å². The highest BCUT2D eigenvalue weighted by molar-refractivity contribution is 6.63. The molecular weight excluding hydrogens is 267 g/mol. The van der Waals surface area contributed by atoms with E-state index in [4.69, 9.17) is 14.0 Å². The lowest BCUT2D eigenvalue weighted by atomic mass is 9.82. The Bertz CT molecular complexity index is 528. The first-order valence-corrected chi connectivity index (χ1v) is 7.53. The molecule has 0 bridgehead atoms. The van der Waals surface area contributed by atoms with Crippen molar-refractivity contribution in [2.75, 3.05) is 12.4 Å². The van der Waals surface area contributed by atoms with Crippen molar-refractivity contribution < 1.29 is 14.0 Å². The van der Waals surface area contributed by atoms with Gasteiger partial charge in [-0.3, -0.25) is 4.98 Å². The standard InChI is InChI=1S/C15H23BN2O3/c1-14(2)15(3,4)21-16(20-14)13-12(17-5)11(8-9-18-13)19-10-6-7-10/h8-10,17H,6-7H2,1-5H3. The molecule has 0 amide bonds. The van der Waals surface area contributed by atoms with Gasteiger partial charge in [0.2, 0.25) is 0 Å². The van der Waals surface area contributed by atoms with Crippen LogP contribution in [0.5, 0.6) is 5.75 Å². The van der Waals surface area contributed by atoms with E-state index in [0.717, 1.165) is 29.9 Å². The summed E-state index contributed by atoms with van der Waals surface area (Å²) in [7, 11) is 1.38. The summed E-state index contributed by atoms with van der Waals surface area (Å²) in [6.07, 6.45) is 4.33. The van der Waals surface area contributed by atoms with E-state index in [1.807, 2.05) is 40.8 Å².